The van der Waals surface area contributed by atoms with Gasteiger partial charge in [-0.25, -0.2) is 4.98 Å². The number of hydrogen-bond acceptors (Lipinski definition) is 5. The number of benzene rings is 1. The minimum atomic E-state index is 0.0111. The summed E-state index contributed by atoms with van der Waals surface area (Å²) in [4.78, 5) is 21.9. The van der Waals surface area contributed by atoms with E-state index in [-0.39, 0.29) is 5.91 Å². The van der Waals surface area contributed by atoms with Gasteiger partial charge in [0.1, 0.15) is 5.01 Å². The average Bonchev–Trinajstić information content (AvgIpc) is 3.37. The maximum atomic E-state index is 13.1. The van der Waals surface area contributed by atoms with Gasteiger partial charge in [0.15, 0.2) is 5.69 Å². The molecule has 2 aromatic heterocycles. The molecule has 5 heterocycles. The van der Waals surface area contributed by atoms with E-state index in [1.54, 1.807) is 17.5 Å². The summed E-state index contributed by atoms with van der Waals surface area (Å²) in [6.07, 6.45) is 4.19. The molecule has 2 bridgehead atoms. The minimum Gasteiger partial charge on any atom is -0.336 e. The topological polar surface area (TPSA) is 65.1 Å². The van der Waals surface area contributed by atoms with Gasteiger partial charge in [0.05, 0.1) is 5.52 Å². The second kappa shape index (κ2) is 6.17. The Hall–Kier alpha value is -2.25. The van der Waals surface area contributed by atoms with E-state index in [0.29, 0.717) is 17.7 Å². The van der Waals surface area contributed by atoms with Crippen LogP contribution < -0.4 is 0 Å². The third kappa shape index (κ3) is 2.54. The summed E-state index contributed by atoms with van der Waals surface area (Å²) in [6.45, 7) is 3.34. The maximum Gasteiger partial charge on any atom is 0.275 e. The number of likely N-dealkylation sites (N-methyl/N-ethyl adjacent to an activating group) is 1. The monoisotopic (exact) mass is 367 g/mol. The largest absolute Gasteiger partial charge is 0.336 e. The van der Waals surface area contributed by atoms with Crippen LogP contribution in [-0.4, -0.2) is 63.6 Å². The Balaban J connectivity index is 1.44. The van der Waals surface area contributed by atoms with Crippen molar-refractivity contribution in [3.8, 4) is 10.6 Å². The normalized spacial score (nSPS) is 24.9. The van der Waals surface area contributed by atoms with E-state index in [9.17, 15) is 4.79 Å². The average molecular weight is 367 g/mol. The molecule has 1 N–H and O–H groups in total. The van der Waals surface area contributed by atoms with E-state index in [2.05, 4.69) is 20.1 Å². The zero-order chi connectivity index (χ0) is 17.7. The van der Waals surface area contributed by atoms with Crippen LogP contribution in [0, 0.1) is 5.92 Å². The van der Waals surface area contributed by atoms with Gasteiger partial charge in [0.2, 0.25) is 0 Å². The molecule has 0 aliphatic carbocycles. The summed E-state index contributed by atoms with van der Waals surface area (Å²) in [5.41, 5.74) is 2.44. The summed E-state index contributed by atoms with van der Waals surface area (Å²) < 4.78 is 0. The van der Waals surface area contributed by atoms with Crippen molar-refractivity contribution < 1.29 is 4.79 Å². The molecule has 0 radical (unpaired) electrons. The lowest BCUT2D eigenvalue weighted by atomic mass is 9.83. The van der Waals surface area contributed by atoms with Crippen molar-refractivity contribution in [1.82, 2.24) is 25.0 Å². The molecule has 6 nitrogen and oxygen atoms in total. The van der Waals surface area contributed by atoms with Gasteiger partial charge in [-0.05, 0) is 44.0 Å². The van der Waals surface area contributed by atoms with E-state index in [1.165, 1.54) is 25.9 Å². The lowest BCUT2D eigenvalue weighted by molar-refractivity contribution is 0.0160. The van der Waals surface area contributed by atoms with Gasteiger partial charge < -0.3 is 9.80 Å². The number of aromatic amines is 1. The van der Waals surface area contributed by atoms with Crippen molar-refractivity contribution in [1.29, 1.82) is 0 Å². The molecule has 3 aromatic rings. The molecule has 6 rings (SSSR count). The van der Waals surface area contributed by atoms with Crippen LogP contribution in [0.15, 0.2) is 29.8 Å². The Labute approximate surface area is 155 Å². The second-order valence-electron chi connectivity index (χ2n) is 7.29. The van der Waals surface area contributed by atoms with Crippen molar-refractivity contribution in [3.63, 3.8) is 0 Å². The van der Waals surface area contributed by atoms with E-state index in [4.69, 9.17) is 0 Å². The van der Waals surface area contributed by atoms with Crippen LogP contribution in [-0.2, 0) is 0 Å². The first-order valence-electron chi connectivity index (χ1n) is 9.08. The summed E-state index contributed by atoms with van der Waals surface area (Å²) >= 11 is 1.60. The van der Waals surface area contributed by atoms with Crippen molar-refractivity contribution in [2.45, 2.75) is 18.9 Å². The molecule has 134 valence electrons. The standard InChI is InChI=1S/C19H21N5OS/c1-23(16-11-24-7-4-12(16)5-8-24)19(25)17-14-3-2-13(10-15(14)21-22-17)18-20-6-9-26-18/h2-3,6,9-10,12,16H,4-5,7-8,11H2,1H3,(H,21,22)/t16-/m0/s1. The second-order valence-corrected chi connectivity index (χ2v) is 8.19. The highest BCUT2D eigenvalue weighted by Gasteiger charge is 2.38. The zero-order valence-electron chi connectivity index (χ0n) is 14.7. The van der Waals surface area contributed by atoms with Crippen molar-refractivity contribution >= 4 is 28.1 Å². The highest BCUT2D eigenvalue weighted by atomic mass is 32.1. The number of carbonyl (C=O) groups is 1. The molecule has 1 aromatic carbocycles. The molecule has 0 spiro atoms. The number of piperidine rings is 3. The molecule has 26 heavy (non-hydrogen) atoms. The van der Waals surface area contributed by atoms with E-state index in [0.717, 1.165) is 28.0 Å². The zero-order valence-corrected chi connectivity index (χ0v) is 15.5. The molecule has 3 saturated heterocycles. The Bertz CT molecular complexity index is 942. The lowest BCUT2D eigenvalue weighted by Crippen LogP contribution is -2.57. The van der Waals surface area contributed by atoms with Crippen molar-refractivity contribution in [2.24, 2.45) is 5.92 Å². The Kier molecular flexibility index (Phi) is 3.79. The smallest absolute Gasteiger partial charge is 0.275 e. The number of nitrogens with zero attached hydrogens (tertiary/aromatic N) is 4. The predicted octanol–water partition coefficient (Wildman–Crippen LogP) is 2.85. The lowest BCUT2D eigenvalue weighted by Gasteiger charge is -2.47. The Morgan fingerprint density at radius 3 is 2.88 bits per heavy atom. The van der Waals surface area contributed by atoms with Gasteiger partial charge in [0.25, 0.3) is 5.91 Å². The fourth-order valence-corrected chi connectivity index (χ4v) is 5.01. The number of aromatic nitrogens is 3. The molecule has 3 aliphatic heterocycles. The quantitative estimate of drug-likeness (QED) is 0.773. The van der Waals surface area contributed by atoms with Gasteiger partial charge in [-0.15, -0.1) is 11.3 Å². The van der Waals surface area contributed by atoms with Crippen molar-refractivity contribution in [3.05, 3.63) is 35.5 Å². The SMILES string of the molecule is CN(C(=O)c1n[nH]c2cc(-c3nccs3)ccc12)[C@H]1CN2CCC1CC2. The molecule has 3 aliphatic rings. The summed E-state index contributed by atoms with van der Waals surface area (Å²) in [6, 6.07) is 6.31. The van der Waals surface area contributed by atoms with Gasteiger partial charge in [-0.3, -0.25) is 9.89 Å². The molecule has 1 atom stereocenters. The number of fused-ring (bicyclic) bond motifs is 4. The van der Waals surface area contributed by atoms with Crippen LogP contribution in [0.5, 0.6) is 0 Å². The predicted molar refractivity (Wildman–Crippen MR) is 102 cm³/mol. The molecule has 7 heteroatoms. The van der Waals surface area contributed by atoms with Crippen LogP contribution in [0.2, 0.25) is 0 Å². The Morgan fingerprint density at radius 1 is 1.35 bits per heavy atom. The van der Waals surface area contributed by atoms with Crippen LogP contribution in [0.4, 0.5) is 0 Å². The van der Waals surface area contributed by atoms with E-state index in [1.807, 2.05) is 35.5 Å². The van der Waals surface area contributed by atoms with Gasteiger partial charge >= 0.3 is 0 Å². The van der Waals surface area contributed by atoms with Gasteiger partial charge in [-0.2, -0.15) is 5.10 Å². The number of thiazole rings is 1. The summed E-state index contributed by atoms with van der Waals surface area (Å²) in [5.74, 6) is 0.632. The molecule has 1 amide bonds. The first-order valence-corrected chi connectivity index (χ1v) is 9.96. The summed E-state index contributed by atoms with van der Waals surface area (Å²) in [7, 11) is 1.93. The van der Waals surface area contributed by atoms with E-state index >= 15 is 0 Å². The number of hydrogen-bond donors (Lipinski definition) is 1. The molecule has 3 fully saturated rings. The highest BCUT2D eigenvalue weighted by Crippen LogP contribution is 2.32. The first kappa shape index (κ1) is 16.0. The fourth-order valence-electron chi connectivity index (χ4n) is 4.37. The number of rotatable bonds is 3. The molecular weight excluding hydrogens is 346 g/mol. The summed E-state index contributed by atoms with van der Waals surface area (Å²) in [5, 5.41) is 11.2. The van der Waals surface area contributed by atoms with Crippen LogP contribution >= 0.6 is 11.3 Å². The van der Waals surface area contributed by atoms with Gasteiger partial charge in [0, 0.05) is 42.2 Å². The van der Waals surface area contributed by atoms with Crippen LogP contribution in [0.3, 0.4) is 0 Å². The molecule has 0 saturated carbocycles. The highest BCUT2D eigenvalue weighted by molar-refractivity contribution is 7.13. The number of H-pyrrole nitrogens is 1. The number of nitrogens with one attached hydrogen (secondary N) is 1. The number of amides is 1. The van der Waals surface area contributed by atoms with Crippen LogP contribution in [0.1, 0.15) is 23.3 Å². The van der Waals surface area contributed by atoms with Crippen LogP contribution in [0.25, 0.3) is 21.5 Å². The number of carbonyl (C=O) groups excluding carboxylic acids is 1. The molecule has 0 unspecified atom stereocenters. The fraction of sp³-hybridized carbons (Fsp3) is 0.421. The Morgan fingerprint density at radius 2 is 2.19 bits per heavy atom. The minimum absolute atomic E-state index is 0.0111. The maximum absolute atomic E-state index is 13.1. The molecular formula is C19H21N5OS. The van der Waals surface area contributed by atoms with E-state index < -0.39 is 0 Å². The first-order chi connectivity index (χ1) is 12.7. The van der Waals surface area contributed by atoms with Crippen molar-refractivity contribution in [2.75, 3.05) is 26.7 Å². The van der Waals surface area contributed by atoms with Gasteiger partial charge in [-0.1, -0.05) is 6.07 Å². The third-order valence-corrected chi connectivity index (χ3v) is 6.71. The third-order valence-electron chi connectivity index (χ3n) is 5.88.